The van der Waals surface area contributed by atoms with Crippen LogP contribution in [-0.4, -0.2) is 43.0 Å². The Labute approximate surface area is 207 Å². The van der Waals surface area contributed by atoms with Crippen molar-refractivity contribution < 1.29 is 33.3 Å². The third-order valence-corrected chi connectivity index (χ3v) is 6.13. The van der Waals surface area contributed by atoms with Crippen molar-refractivity contribution in [1.29, 1.82) is 0 Å². The fourth-order valence-electron chi connectivity index (χ4n) is 4.15. The Balaban J connectivity index is 1.91. The second-order valence-corrected chi connectivity index (χ2v) is 8.28. The minimum atomic E-state index is -0.986. The predicted molar refractivity (Wildman–Crippen MR) is 129 cm³/mol. The van der Waals surface area contributed by atoms with E-state index in [-0.39, 0.29) is 34.2 Å². The second kappa shape index (κ2) is 9.76. The number of likely N-dealkylation sites (tertiary alicyclic amines) is 1. The van der Waals surface area contributed by atoms with E-state index in [0.717, 1.165) is 0 Å². The van der Waals surface area contributed by atoms with Crippen molar-refractivity contribution >= 4 is 29.1 Å². The molecular weight excluding hydrogens is 474 g/mol. The summed E-state index contributed by atoms with van der Waals surface area (Å²) >= 11 is 6.21. The molecule has 2 heterocycles. The molecule has 0 spiro atoms. The number of halogens is 1. The number of para-hydroxylation sites is 1. The Morgan fingerprint density at radius 2 is 1.69 bits per heavy atom. The molecule has 1 aliphatic rings. The number of aliphatic hydroxyl groups is 1. The van der Waals surface area contributed by atoms with Gasteiger partial charge in [0.25, 0.3) is 11.7 Å². The Bertz CT molecular complexity index is 1330. The highest BCUT2D eigenvalue weighted by atomic mass is 35.5. The number of carbonyl (C=O) groups is 2. The van der Waals surface area contributed by atoms with Crippen molar-refractivity contribution in [2.45, 2.75) is 19.5 Å². The van der Waals surface area contributed by atoms with E-state index < -0.39 is 23.5 Å². The lowest BCUT2D eigenvalue weighted by Crippen LogP contribution is -2.29. The Morgan fingerprint density at radius 3 is 2.31 bits per heavy atom. The van der Waals surface area contributed by atoms with Crippen molar-refractivity contribution in [3.63, 3.8) is 0 Å². The molecule has 4 rings (SSSR count). The lowest BCUT2D eigenvalue weighted by molar-refractivity contribution is -0.140. The van der Waals surface area contributed by atoms with Crippen LogP contribution in [0.5, 0.6) is 17.2 Å². The number of hydrogen-bond donors (Lipinski definition) is 1. The van der Waals surface area contributed by atoms with E-state index in [1.165, 1.54) is 38.4 Å². The Hall–Kier alpha value is -3.91. The zero-order valence-electron chi connectivity index (χ0n) is 19.6. The number of nitrogens with zero attached hydrogens (tertiary/aromatic N) is 1. The van der Waals surface area contributed by atoms with Gasteiger partial charge in [-0.2, -0.15) is 0 Å². The number of rotatable bonds is 7. The molecule has 3 aromatic rings. The van der Waals surface area contributed by atoms with E-state index in [1.54, 1.807) is 31.2 Å². The van der Waals surface area contributed by atoms with Gasteiger partial charge in [0.2, 0.25) is 0 Å². The molecule has 1 N–H and O–H groups in total. The van der Waals surface area contributed by atoms with Gasteiger partial charge >= 0.3 is 0 Å². The molecule has 1 fully saturated rings. The van der Waals surface area contributed by atoms with Gasteiger partial charge in [-0.15, -0.1) is 0 Å². The molecular formula is C26H24ClNO7. The zero-order valence-corrected chi connectivity index (χ0v) is 20.4. The second-order valence-electron chi connectivity index (χ2n) is 7.87. The monoisotopic (exact) mass is 497 g/mol. The summed E-state index contributed by atoms with van der Waals surface area (Å²) in [7, 11) is 4.36. The molecule has 1 saturated heterocycles. The van der Waals surface area contributed by atoms with Crippen LogP contribution in [0.2, 0.25) is 5.02 Å². The number of amides is 1. The number of benzene rings is 2. The van der Waals surface area contributed by atoms with Crippen molar-refractivity contribution in [2.75, 3.05) is 21.3 Å². The third kappa shape index (κ3) is 4.33. The maximum absolute atomic E-state index is 13.3. The first-order valence-electron chi connectivity index (χ1n) is 10.7. The van der Waals surface area contributed by atoms with Gasteiger partial charge in [0.1, 0.15) is 40.6 Å². The van der Waals surface area contributed by atoms with E-state index in [9.17, 15) is 14.7 Å². The summed E-state index contributed by atoms with van der Waals surface area (Å²) in [6.45, 7) is 1.81. The molecule has 1 aromatic heterocycles. The zero-order chi connectivity index (χ0) is 25.3. The van der Waals surface area contributed by atoms with Crippen molar-refractivity contribution in [3.05, 3.63) is 81.8 Å². The number of hydrogen-bond acceptors (Lipinski definition) is 7. The summed E-state index contributed by atoms with van der Waals surface area (Å²) in [5.41, 5.74) is 0.704. The normalized spacial score (nSPS) is 17.1. The van der Waals surface area contributed by atoms with Crippen LogP contribution in [0.1, 0.15) is 28.7 Å². The van der Waals surface area contributed by atoms with Crippen LogP contribution in [0.3, 0.4) is 0 Å². The summed E-state index contributed by atoms with van der Waals surface area (Å²) in [5, 5.41) is 11.6. The average molecular weight is 498 g/mol. The summed E-state index contributed by atoms with van der Waals surface area (Å²) in [6.07, 6.45) is 0. The van der Waals surface area contributed by atoms with E-state index in [0.29, 0.717) is 22.8 Å². The lowest BCUT2D eigenvalue weighted by atomic mass is 9.98. The maximum atomic E-state index is 13.3. The van der Waals surface area contributed by atoms with Crippen LogP contribution in [0.25, 0.3) is 5.76 Å². The molecule has 35 heavy (non-hydrogen) atoms. The molecule has 2 aromatic carbocycles. The minimum absolute atomic E-state index is 0.0524. The van der Waals surface area contributed by atoms with Crippen LogP contribution in [0, 0.1) is 6.92 Å². The Kier molecular flexibility index (Phi) is 6.75. The first-order valence-corrected chi connectivity index (χ1v) is 11.1. The fraction of sp³-hybridized carbons (Fsp3) is 0.231. The quantitative estimate of drug-likeness (QED) is 0.282. The van der Waals surface area contributed by atoms with E-state index in [1.807, 2.05) is 12.1 Å². The summed E-state index contributed by atoms with van der Waals surface area (Å²) in [5.74, 6) is -0.110. The first kappa shape index (κ1) is 24.2. The number of aryl methyl sites for hydroxylation is 1. The molecule has 182 valence electrons. The molecule has 0 aliphatic carbocycles. The van der Waals surface area contributed by atoms with Gasteiger partial charge in [0.15, 0.2) is 0 Å². The van der Waals surface area contributed by atoms with Crippen LogP contribution < -0.4 is 14.2 Å². The number of ketones is 1. The van der Waals surface area contributed by atoms with Crippen LogP contribution in [-0.2, 0) is 16.1 Å². The Morgan fingerprint density at radius 1 is 1.00 bits per heavy atom. The standard InChI is InChI=1S/C26H24ClNO7/c1-14-9-10-19(35-14)23-22(24(29)16-11-21(34-4)17(27)12-20(16)33-3)25(30)26(31)28(23)13-15-7-5-6-8-18(15)32-2/h5-12,23,29H,13H2,1-4H3/b24-22+. The maximum Gasteiger partial charge on any atom is 0.296 e. The van der Waals surface area contributed by atoms with Gasteiger partial charge in [-0.25, -0.2) is 0 Å². The molecule has 1 atom stereocenters. The van der Waals surface area contributed by atoms with E-state index >= 15 is 0 Å². The fourth-order valence-corrected chi connectivity index (χ4v) is 4.38. The molecule has 0 radical (unpaired) electrons. The lowest BCUT2D eigenvalue weighted by Gasteiger charge is -2.24. The number of Topliss-reactive ketones (excluding diaryl/α,β-unsaturated/α-hetero) is 1. The van der Waals surface area contributed by atoms with Crippen LogP contribution >= 0.6 is 11.6 Å². The van der Waals surface area contributed by atoms with Gasteiger partial charge in [-0.05, 0) is 31.2 Å². The topological polar surface area (TPSA) is 98.4 Å². The average Bonchev–Trinajstić information content (AvgIpc) is 3.39. The highest BCUT2D eigenvalue weighted by Crippen LogP contribution is 2.44. The molecule has 8 nitrogen and oxygen atoms in total. The molecule has 1 unspecified atom stereocenters. The first-order chi connectivity index (χ1) is 16.8. The van der Waals surface area contributed by atoms with Gasteiger partial charge in [-0.1, -0.05) is 29.8 Å². The number of aliphatic hydroxyl groups excluding tert-OH is 1. The third-order valence-electron chi connectivity index (χ3n) is 5.83. The number of ether oxygens (including phenoxy) is 3. The van der Waals surface area contributed by atoms with Gasteiger partial charge in [0.05, 0.1) is 44.0 Å². The highest BCUT2D eigenvalue weighted by molar-refractivity contribution is 6.46. The largest absolute Gasteiger partial charge is 0.507 e. The smallest absolute Gasteiger partial charge is 0.296 e. The summed E-state index contributed by atoms with van der Waals surface area (Å²) < 4.78 is 21.9. The van der Waals surface area contributed by atoms with Gasteiger partial charge in [0, 0.05) is 11.6 Å². The number of carbonyl (C=O) groups excluding carboxylic acids is 2. The molecule has 9 heteroatoms. The molecule has 0 saturated carbocycles. The summed E-state index contributed by atoms with van der Waals surface area (Å²) in [4.78, 5) is 27.9. The van der Waals surface area contributed by atoms with Gasteiger partial charge in [-0.3, -0.25) is 9.59 Å². The number of furan rings is 1. The summed E-state index contributed by atoms with van der Waals surface area (Å²) in [6, 6.07) is 12.5. The minimum Gasteiger partial charge on any atom is -0.507 e. The van der Waals surface area contributed by atoms with Crippen LogP contribution in [0.4, 0.5) is 0 Å². The SMILES string of the molecule is COc1cc(/C(O)=C2\C(=O)C(=O)N(Cc3ccccc3OC)C2c2ccc(C)o2)c(OC)cc1Cl. The highest BCUT2D eigenvalue weighted by Gasteiger charge is 2.48. The molecule has 1 aliphatic heterocycles. The van der Waals surface area contributed by atoms with Crippen molar-refractivity contribution in [1.82, 2.24) is 4.90 Å². The molecule has 0 bridgehead atoms. The van der Waals surface area contributed by atoms with Crippen LogP contribution in [0.15, 0.2) is 58.5 Å². The number of methoxy groups -OCH3 is 3. The van der Waals surface area contributed by atoms with E-state index in [4.69, 9.17) is 30.2 Å². The molecule has 1 amide bonds. The van der Waals surface area contributed by atoms with Gasteiger partial charge < -0.3 is 28.6 Å². The predicted octanol–water partition coefficient (Wildman–Crippen LogP) is 4.89. The van der Waals surface area contributed by atoms with Crippen molar-refractivity contribution in [2.24, 2.45) is 0 Å². The van der Waals surface area contributed by atoms with E-state index in [2.05, 4.69) is 0 Å². The van der Waals surface area contributed by atoms with Crippen molar-refractivity contribution in [3.8, 4) is 17.2 Å².